The molecule has 8 bridgehead atoms. The number of ketones is 1. The SMILES string of the molecule is O=C1C2CC3CC1CC(C(=O)OCC1COC4(O1)C1CC5CC(C1)C4C5)(C3)C2. The average molecular weight is 386 g/mol. The van der Waals surface area contributed by atoms with Crippen LogP contribution < -0.4 is 0 Å². The molecule has 5 heteroatoms. The fourth-order valence-corrected chi connectivity index (χ4v) is 9.04. The molecule has 8 unspecified atom stereocenters. The van der Waals surface area contributed by atoms with Gasteiger partial charge in [0.1, 0.15) is 18.5 Å². The van der Waals surface area contributed by atoms with Crippen LogP contribution in [0.2, 0.25) is 0 Å². The first kappa shape index (κ1) is 16.8. The molecular formula is C23H30O5. The molecule has 8 atom stereocenters. The molecule has 1 aliphatic heterocycles. The van der Waals surface area contributed by atoms with Crippen LogP contribution in [-0.4, -0.2) is 36.9 Å². The van der Waals surface area contributed by atoms with E-state index in [1.54, 1.807) is 0 Å². The van der Waals surface area contributed by atoms with Crippen LogP contribution in [0.3, 0.4) is 0 Å². The molecule has 28 heavy (non-hydrogen) atoms. The molecule has 152 valence electrons. The van der Waals surface area contributed by atoms with Crippen molar-refractivity contribution in [3.8, 4) is 0 Å². The Kier molecular flexibility index (Phi) is 3.24. The summed E-state index contributed by atoms with van der Waals surface area (Å²) in [5.74, 6) is 3.52. The summed E-state index contributed by atoms with van der Waals surface area (Å²) in [7, 11) is 0. The summed E-state index contributed by atoms with van der Waals surface area (Å²) in [4.78, 5) is 25.5. The van der Waals surface area contributed by atoms with E-state index in [1.165, 1.54) is 25.7 Å². The first-order valence-electron chi connectivity index (χ1n) is 11.6. The molecule has 1 heterocycles. The van der Waals surface area contributed by atoms with Crippen LogP contribution in [-0.2, 0) is 23.8 Å². The van der Waals surface area contributed by atoms with Crippen molar-refractivity contribution < 1.29 is 23.8 Å². The number of rotatable bonds is 3. The van der Waals surface area contributed by atoms with E-state index in [9.17, 15) is 9.59 Å². The van der Waals surface area contributed by atoms with Crippen LogP contribution in [0, 0.1) is 46.8 Å². The van der Waals surface area contributed by atoms with E-state index in [1.807, 2.05) is 0 Å². The molecular weight excluding hydrogens is 356 g/mol. The predicted octanol–water partition coefficient (Wildman–Crippen LogP) is 3.10. The highest BCUT2D eigenvalue weighted by Crippen LogP contribution is 2.65. The van der Waals surface area contributed by atoms with Gasteiger partial charge in [-0.05, 0) is 75.5 Å². The van der Waals surface area contributed by atoms with Gasteiger partial charge in [0.15, 0.2) is 5.79 Å². The maximum absolute atomic E-state index is 13.1. The van der Waals surface area contributed by atoms with E-state index in [0.717, 1.165) is 43.9 Å². The van der Waals surface area contributed by atoms with Crippen molar-refractivity contribution in [1.82, 2.24) is 0 Å². The van der Waals surface area contributed by atoms with Crippen molar-refractivity contribution >= 4 is 11.8 Å². The van der Waals surface area contributed by atoms with E-state index < -0.39 is 5.41 Å². The molecule has 0 aromatic carbocycles. The van der Waals surface area contributed by atoms with Crippen LogP contribution in [0.5, 0.6) is 0 Å². The second-order valence-corrected chi connectivity index (χ2v) is 11.3. The lowest BCUT2D eigenvalue weighted by atomic mass is 9.49. The van der Waals surface area contributed by atoms with Crippen molar-refractivity contribution in [3.05, 3.63) is 0 Å². The van der Waals surface area contributed by atoms with Crippen LogP contribution in [0.25, 0.3) is 0 Å². The number of carbonyl (C=O) groups excluding carboxylic acids is 2. The summed E-state index contributed by atoms with van der Waals surface area (Å²) < 4.78 is 18.7. The Labute approximate surface area is 165 Å². The first-order valence-corrected chi connectivity index (χ1v) is 11.6. The fourth-order valence-electron chi connectivity index (χ4n) is 9.04. The lowest BCUT2D eigenvalue weighted by Crippen LogP contribution is -2.55. The maximum Gasteiger partial charge on any atom is 0.312 e. The fraction of sp³-hybridized carbons (Fsp3) is 0.913. The topological polar surface area (TPSA) is 61.8 Å². The largest absolute Gasteiger partial charge is 0.462 e. The second-order valence-electron chi connectivity index (χ2n) is 11.3. The molecule has 9 fully saturated rings. The molecule has 0 aromatic rings. The molecule has 1 saturated heterocycles. The number of hydrogen-bond acceptors (Lipinski definition) is 5. The highest BCUT2D eigenvalue weighted by atomic mass is 16.8. The Morgan fingerprint density at radius 1 is 1.00 bits per heavy atom. The van der Waals surface area contributed by atoms with Crippen LogP contribution in [0.4, 0.5) is 0 Å². The molecule has 0 N–H and O–H groups in total. The Hall–Kier alpha value is -0.940. The predicted molar refractivity (Wildman–Crippen MR) is 97.9 cm³/mol. The summed E-state index contributed by atoms with van der Waals surface area (Å²) in [6, 6.07) is 0. The first-order chi connectivity index (χ1) is 13.5. The third-order valence-corrected chi connectivity index (χ3v) is 9.76. The summed E-state index contributed by atoms with van der Waals surface area (Å²) in [6.07, 6.45) is 9.36. The maximum atomic E-state index is 13.1. The highest BCUT2D eigenvalue weighted by Gasteiger charge is 2.67. The van der Waals surface area contributed by atoms with Gasteiger partial charge in [-0.15, -0.1) is 0 Å². The quantitative estimate of drug-likeness (QED) is 0.698. The number of carbonyl (C=O) groups is 2. The molecule has 0 radical (unpaired) electrons. The van der Waals surface area contributed by atoms with E-state index >= 15 is 0 Å². The van der Waals surface area contributed by atoms with Crippen LogP contribution in [0.1, 0.15) is 57.8 Å². The minimum absolute atomic E-state index is 0.0715. The van der Waals surface area contributed by atoms with Gasteiger partial charge in [-0.2, -0.15) is 0 Å². The molecule has 0 aromatic heterocycles. The van der Waals surface area contributed by atoms with Gasteiger partial charge in [0.05, 0.1) is 12.0 Å². The number of hydrogen-bond donors (Lipinski definition) is 0. The Balaban J connectivity index is 1.02. The minimum Gasteiger partial charge on any atom is -0.462 e. The summed E-state index contributed by atoms with van der Waals surface area (Å²) in [5.41, 5.74) is -0.396. The molecule has 0 amide bonds. The minimum atomic E-state index is -0.396. The van der Waals surface area contributed by atoms with E-state index in [-0.39, 0.29) is 29.7 Å². The number of esters is 1. The van der Waals surface area contributed by atoms with Crippen molar-refractivity contribution in [2.45, 2.75) is 69.7 Å². The van der Waals surface area contributed by atoms with Crippen molar-refractivity contribution in [2.75, 3.05) is 13.2 Å². The lowest BCUT2D eigenvalue weighted by molar-refractivity contribution is -0.236. The van der Waals surface area contributed by atoms with Gasteiger partial charge < -0.3 is 14.2 Å². The smallest absolute Gasteiger partial charge is 0.312 e. The van der Waals surface area contributed by atoms with Gasteiger partial charge in [-0.1, -0.05) is 0 Å². The molecule has 9 rings (SSSR count). The lowest BCUT2D eigenvalue weighted by Gasteiger charge is -2.53. The Bertz CT molecular complexity index is 725. The van der Waals surface area contributed by atoms with Gasteiger partial charge in [0.2, 0.25) is 0 Å². The molecule has 8 saturated carbocycles. The third kappa shape index (κ3) is 2.05. The molecule has 9 aliphatic rings. The number of Topliss-reactive ketones (excluding diaryl/α,β-unsaturated/α-hetero) is 1. The zero-order valence-corrected chi connectivity index (χ0v) is 16.4. The summed E-state index contributed by atoms with van der Waals surface area (Å²) in [5, 5.41) is 0. The van der Waals surface area contributed by atoms with Crippen LogP contribution in [0.15, 0.2) is 0 Å². The van der Waals surface area contributed by atoms with E-state index in [0.29, 0.717) is 36.8 Å². The molecule has 5 nitrogen and oxygen atoms in total. The summed E-state index contributed by atoms with van der Waals surface area (Å²) >= 11 is 0. The third-order valence-electron chi connectivity index (χ3n) is 9.76. The Morgan fingerprint density at radius 2 is 1.82 bits per heavy atom. The van der Waals surface area contributed by atoms with Gasteiger partial charge in [0.25, 0.3) is 0 Å². The Morgan fingerprint density at radius 3 is 2.61 bits per heavy atom. The van der Waals surface area contributed by atoms with E-state index in [4.69, 9.17) is 14.2 Å². The second kappa shape index (κ2) is 5.40. The average Bonchev–Trinajstić information content (AvgIpc) is 3.29. The number of ether oxygens (including phenoxy) is 3. The van der Waals surface area contributed by atoms with Gasteiger partial charge in [-0.25, -0.2) is 0 Å². The standard InChI is InChI=1S/C23H30O5/c24-20-15-2-13-3-16(20)9-22(7-13,8-15)21(25)26-10-18-11-27-23(28-18)17-4-12-1-14(6-17)19(23)5-12/h12-19H,1-11H2. The van der Waals surface area contributed by atoms with Crippen molar-refractivity contribution in [2.24, 2.45) is 46.8 Å². The monoisotopic (exact) mass is 386 g/mol. The van der Waals surface area contributed by atoms with Crippen LogP contribution >= 0.6 is 0 Å². The molecule has 8 aliphatic carbocycles. The van der Waals surface area contributed by atoms with Crippen molar-refractivity contribution in [1.29, 1.82) is 0 Å². The highest BCUT2D eigenvalue weighted by molar-refractivity contribution is 5.89. The van der Waals surface area contributed by atoms with Gasteiger partial charge in [-0.3, -0.25) is 9.59 Å². The van der Waals surface area contributed by atoms with Gasteiger partial charge >= 0.3 is 5.97 Å². The zero-order chi connectivity index (χ0) is 18.7. The van der Waals surface area contributed by atoms with Crippen molar-refractivity contribution in [3.63, 3.8) is 0 Å². The van der Waals surface area contributed by atoms with E-state index in [2.05, 4.69) is 0 Å². The molecule has 1 spiro atoms. The van der Waals surface area contributed by atoms with Gasteiger partial charge in [0, 0.05) is 23.7 Å². The summed E-state index contributed by atoms with van der Waals surface area (Å²) in [6.45, 7) is 0.862. The normalized spacial score (nSPS) is 57.6. The zero-order valence-electron chi connectivity index (χ0n) is 16.4.